The van der Waals surface area contributed by atoms with Gasteiger partial charge in [0.25, 0.3) is 5.91 Å². The third kappa shape index (κ3) is 3.13. The number of imidazole rings is 1. The largest absolute Gasteiger partial charge is 0.338 e. The maximum atomic E-state index is 13.8. The normalized spacial score (nSPS) is 11.9. The molecule has 3 rings (SSSR count). The fourth-order valence-corrected chi connectivity index (χ4v) is 2.45. The van der Waals surface area contributed by atoms with E-state index in [1.54, 1.807) is 24.5 Å². The Morgan fingerprint density at radius 3 is 2.48 bits per heavy atom. The first-order valence-electron chi connectivity index (χ1n) is 7.24. The molecule has 0 aliphatic carbocycles. The van der Waals surface area contributed by atoms with Crippen LogP contribution in [-0.2, 0) is 7.05 Å². The van der Waals surface area contributed by atoms with E-state index in [4.69, 9.17) is 0 Å². The van der Waals surface area contributed by atoms with Crippen LogP contribution in [0, 0.1) is 5.82 Å². The predicted molar refractivity (Wildman–Crippen MR) is 85.4 cm³/mol. The molecule has 0 aliphatic heterocycles. The molecule has 1 heterocycles. The molecular formula is C18H16FN3O. The third-order valence-corrected chi connectivity index (χ3v) is 3.64. The SMILES string of the molecule is Cn1ccnc1[C@H](NC(=O)c1ccccc1F)c1ccccc1. The lowest BCUT2D eigenvalue weighted by Crippen LogP contribution is -2.31. The Hall–Kier alpha value is -2.95. The van der Waals surface area contributed by atoms with Gasteiger partial charge in [0.15, 0.2) is 0 Å². The Balaban J connectivity index is 1.96. The number of nitrogens with one attached hydrogen (secondary N) is 1. The highest BCUT2D eigenvalue weighted by Gasteiger charge is 2.22. The van der Waals surface area contributed by atoms with Gasteiger partial charge in [-0.3, -0.25) is 4.79 Å². The standard InChI is InChI=1S/C18H16FN3O/c1-22-12-11-20-17(22)16(13-7-3-2-4-8-13)21-18(23)14-9-5-6-10-15(14)19/h2-12,16H,1H3,(H,21,23)/t16-/m1/s1. The number of hydrogen-bond donors (Lipinski definition) is 1. The first-order chi connectivity index (χ1) is 11.2. The minimum absolute atomic E-state index is 0.0163. The van der Waals surface area contributed by atoms with Gasteiger partial charge in [-0.05, 0) is 17.7 Å². The van der Waals surface area contributed by atoms with Crippen molar-refractivity contribution in [2.24, 2.45) is 7.05 Å². The zero-order valence-electron chi connectivity index (χ0n) is 12.6. The van der Waals surface area contributed by atoms with Gasteiger partial charge in [0.1, 0.15) is 17.7 Å². The molecule has 0 unspecified atom stereocenters. The van der Waals surface area contributed by atoms with Crippen molar-refractivity contribution in [3.05, 3.63) is 89.8 Å². The number of benzene rings is 2. The van der Waals surface area contributed by atoms with Crippen LogP contribution < -0.4 is 5.32 Å². The smallest absolute Gasteiger partial charge is 0.255 e. The van der Waals surface area contributed by atoms with E-state index in [1.807, 2.05) is 41.9 Å². The summed E-state index contributed by atoms with van der Waals surface area (Å²) in [7, 11) is 1.85. The molecule has 0 spiro atoms. The van der Waals surface area contributed by atoms with Crippen LogP contribution >= 0.6 is 0 Å². The number of carbonyl (C=O) groups excluding carboxylic acids is 1. The second-order valence-corrected chi connectivity index (χ2v) is 5.19. The van der Waals surface area contributed by atoms with Crippen LogP contribution in [0.5, 0.6) is 0 Å². The van der Waals surface area contributed by atoms with Gasteiger partial charge in [-0.1, -0.05) is 42.5 Å². The van der Waals surface area contributed by atoms with Gasteiger partial charge >= 0.3 is 0 Å². The van der Waals surface area contributed by atoms with Gasteiger partial charge in [0.2, 0.25) is 0 Å². The van der Waals surface area contributed by atoms with Crippen molar-refractivity contribution in [3.8, 4) is 0 Å². The molecule has 0 fully saturated rings. The summed E-state index contributed by atoms with van der Waals surface area (Å²) in [5.41, 5.74) is 0.897. The molecule has 23 heavy (non-hydrogen) atoms. The molecule has 0 bridgehead atoms. The molecule has 3 aromatic rings. The number of amides is 1. The first kappa shape index (κ1) is 15.0. The van der Waals surface area contributed by atoms with E-state index >= 15 is 0 Å². The lowest BCUT2D eigenvalue weighted by atomic mass is 10.1. The predicted octanol–water partition coefficient (Wildman–Crippen LogP) is 3.08. The molecule has 1 N–H and O–H groups in total. The van der Waals surface area contributed by atoms with Crippen LogP contribution in [0.1, 0.15) is 27.8 Å². The van der Waals surface area contributed by atoms with Crippen molar-refractivity contribution in [2.75, 3.05) is 0 Å². The van der Waals surface area contributed by atoms with Crippen molar-refractivity contribution >= 4 is 5.91 Å². The average Bonchev–Trinajstić information content (AvgIpc) is 2.99. The van der Waals surface area contributed by atoms with E-state index in [9.17, 15) is 9.18 Å². The molecule has 4 nitrogen and oxygen atoms in total. The topological polar surface area (TPSA) is 46.9 Å². The second kappa shape index (κ2) is 6.44. The summed E-state index contributed by atoms with van der Waals surface area (Å²) >= 11 is 0. The van der Waals surface area contributed by atoms with E-state index in [2.05, 4.69) is 10.3 Å². The van der Waals surface area contributed by atoms with E-state index in [0.29, 0.717) is 5.82 Å². The Labute approximate surface area is 133 Å². The van der Waals surface area contributed by atoms with Crippen LogP contribution in [0.4, 0.5) is 4.39 Å². The Morgan fingerprint density at radius 1 is 1.13 bits per heavy atom. The highest BCUT2D eigenvalue weighted by Crippen LogP contribution is 2.21. The summed E-state index contributed by atoms with van der Waals surface area (Å²) in [6.07, 6.45) is 3.47. The Morgan fingerprint density at radius 2 is 1.83 bits per heavy atom. The summed E-state index contributed by atoms with van der Waals surface area (Å²) in [5, 5.41) is 2.87. The van der Waals surface area contributed by atoms with Crippen molar-refractivity contribution in [3.63, 3.8) is 0 Å². The molecule has 0 radical (unpaired) electrons. The Kier molecular flexibility index (Phi) is 4.19. The number of hydrogen-bond acceptors (Lipinski definition) is 2. The summed E-state index contributed by atoms with van der Waals surface area (Å²) in [6.45, 7) is 0. The van der Waals surface area contributed by atoms with E-state index in [0.717, 1.165) is 5.56 Å². The number of aromatic nitrogens is 2. The number of aryl methyl sites for hydroxylation is 1. The monoisotopic (exact) mass is 309 g/mol. The van der Waals surface area contributed by atoms with Crippen molar-refractivity contribution in [2.45, 2.75) is 6.04 Å². The van der Waals surface area contributed by atoms with Gasteiger partial charge < -0.3 is 9.88 Å². The highest BCUT2D eigenvalue weighted by atomic mass is 19.1. The lowest BCUT2D eigenvalue weighted by molar-refractivity contribution is 0.0937. The molecule has 1 amide bonds. The van der Waals surface area contributed by atoms with Crippen LogP contribution in [0.3, 0.4) is 0 Å². The van der Waals surface area contributed by atoms with Crippen molar-refractivity contribution < 1.29 is 9.18 Å². The fourth-order valence-electron chi connectivity index (χ4n) is 2.45. The molecular weight excluding hydrogens is 293 g/mol. The molecule has 5 heteroatoms. The maximum Gasteiger partial charge on any atom is 0.255 e. The van der Waals surface area contributed by atoms with Crippen molar-refractivity contribution in [1.29, 1.82) is 0 Å². The third-order valence-electron chi connectivity index (χ3n) is 3.64. The molecule has 0 saturated heterocycles. The summed E-state index contributed by atoms with van der Waals surface area (Å²) in [4.78, 5) is 16.8. The summed E-state index contributed by atoms with van der Waals surface area (Å²) in [6, 6.07) is 15.0. The van der Waals surface area contributed by atoms with Crippen LogP contribution in [-0.4, -0.2) is 15.5 Å². The van der Waals surface area contributed by atoms with Crippen LogP contribution in [0.25, 0.3) is 0 Å². The van der Waals surface area contributed by atoms with Crippen LogP contribution in [0.15, 0.2) is 67.0 Å². The minimum atomic E-state index is -0.545. The molecule has 1 aromatic heterocycles. The zero-order valence-corrected chi connectivity index (χ0v) is 12.6. The minimum Gasteiger partial charge on any atom is -0.338 e. The molecule has 0 aliphatic rings. The quantitative estimate of drug-likeness (QED) is 0.805. The number of nitrogens with zero attached hydrogens (tertiary/aromatic N) is 2. The van der Waals surface area contributed by atoms with Gasteiger partial charge in [-0.15, -0.1) is 0 Å². The zero-order chi connectivity index (χ0) is 16.2. The highest BCUT2D eigenvalue weighted by molar-refractivity contribution is 5.94. The van der Waals surface area contributed by atoms with Crippen LogP contribution in [0.2, 0.25) is 0 Å². The van der Waals surface area contributed by atoms with E-state index in [1.165, 1.54) is 12.1 Å². The summed E-state index contributed by atoms with van der Waals surface area (Å²) < 4.78 is 15.7. The molecule has 0 saturated carbocycles. The van der Waals surface area contributed by atoms with Crippen molar-refractivity contribution in [1.82, 2.24) is 14.9 Å². The Bertz CT molecular complexity index is 814. The maximum absolute atomic E-state index is 13.8. The lowest BCUT2D eigenvalue weighted by Gasteiger charge is -2.19. The second-order valence-electron chi connectivity index (χ2n) is 5.19. The molecule has 2 aromatic carbocycles. The van der Waals surface area contributed by atoms with E-state index < -0.39 is 17.8 Å². The number of carbonyl (C=O) groups is 1. The number of halogens is 1. The van der Waals surface area contributed by atoms with Gasteiger partial charge in [-0.2, -0.15) is 0 Å². The van der Waals surface area contributed by atoms with Gasteiger partial charge in [0.05, 0.1) is 5.56 Å². The molecule has 1 atom stereocenters. The summed E-state index contributed by atoms with van der Waals surface area (Å²) in [5.74, 6) is -0.336. The fraction of sp³-hybridized carbons (Fsp3) is 0.111. The number of rotatable bonds is 4. The molecule has 116 valence electrons. The van der Waals surface area contributed by atoms with Gasteiger partial charge in [-0.25, -0.2) is 9.37 Å². The van der Waals surface area contributed by atoms with Gasteiger partial charge in [0, 0.05) is 19.4 Å². The van der Waals surface area contributed by atoms with E-state index in [-0.39, 0.29) is 5.56 Å². The first-order valence-corrected chi connectivity index (χ1v) is 7.24. The average molecular weight is 309 g/mol.